The molecule has 0 spiro atoms. The van der Waals surface area contributed by atoms with Crippen molar-refractivity contribution in [2.45, 2.75) is 40.2 Å². The number of piperidine rings is 1. The van der Waals surface area contributed by atoms with Gasteiger partial charge in [0.05, 0.1) is 27.4 Å². The van der Waals surface area contributed by atoms with Crippen molar-refractivity contribution in [1.82, 2.24) is 14.8 Å². The molecule has 3 rings (SSSR count). The Morgan fingerprint density at radius 2 is 2.19 bits per heavy atom. The van der Waals surface area contributed by atoms with Crippen molar-refractivity contribution in [3.8, 4) is 0 Å². The molecule has 8 nitrogen and oxygen atoms in total. The summed E-state index contributed by atoms with van der Waals surface area (Å²) in [5.74, 6) is 0.0252. The lowest BCUT2D eigenvalue weighted by Crippen LogP contribution is -2.41. The lowest BCUT2D eigenvalue weighted by Gasteiger charge is -2.32. The predicted molar refractivity (Wildman–Crippen MR) is 96.2 cm³/mol. The number of nitrogens with zero attached hydrogens (tertiary/aromatic N) is 4. The van der Waals surface area contributed by atoms with Crippen LogP contribution in [0.3, 0.4) is 0 Å². The molecule has 0 saturated carbocycles. The molecular weight excluding hydrogens is 336 g/mol. The maximum Gasteiger partial charge on any atom is 0.330 e. The average Bonchev–Trinajstić information content (AvgIpc) is 2.97. The largest absolute Gasteiger partial charge is 0.367 e. The predicted octanol–water partition coefficient (Wildman–Crippen LogP) is 3.16. The lowest BCUT2D eigenvalue weighted by atomic mass is 9.97. The summed E-state index contributed by atoms with van der Waals surface area (Å²) in [6.45, 7) is 7.49. The number of carbonyl (C=O) groups is 1. The van der Waals surface area contributed by atoms with Gasteiger partial charge in [0.25, 0.3) is 5.69 Å². The molecule has 2 heterocycles. The summed E-state index contributed by atoms with van der Waals surface area (Å²) < 4.78 is 1.81. The van der Waals surface area contributed by atoms with E-state index in [1.54, 1.807) is 17.3 Å². The van der Waals surface area contributed by atoms with Gasteiger partial charge in [-0.1, -0.05) is 6.07 Å². The Morgan fingerprint density at radius 3 is 2.88 bits per heavy atom. The Kier molecular flexibility index (Phi) is 4.95. The van der Waals surface area contributed by atoms with Crippen molar-refractivity contribution in [2.24, 2.45) is 11.3 Å². The summed E-state index contributed by atoms with van der Waals surface area (Å²) in [6.07, 6.45) is 3.48. The van der Waals surface area contributed by atoms with Gasteiger partial charge in [0, 0.05) is 25.7 Å². The van der Waals surface area contributed by atoms with E-state index < -0.39 is 5.41 Å². The van der Waals surface area contributed by atoms with Crippen LogP contribution < -0.4 is 0 Å². The summed E-state index contributed by atoms with van der Waals surface area (Å²) in [7, 11) is 0. The zero-order chi connectivity index (χ0) is 18.9. The Hall–Kier alpha value is -2.48. The molecule has 1 aromatic heterocycles. The topological polar surface area (TPSA) is 90.5 Å². The Bertz CT molecular complexity index is 824. The van der Waals surface area contributed by atoms with Gasteiger partial charge in [-0.05, 0) is 45.6 Å². The molecule has 0 radical (unpaired) electrons. The summed E-state index contributed by atoms with van der Waals surface area (Å²) in [5, 5.41) is 17.8. The molecule has 2 aromatic rings. The molecule has 1 fully saturated rings. The van der Waals surface area contributed by atoms with Gasteiger partial charge in [-0.15, -0.1) is 5.06 Å². The monoisotopic (exact) mass is 360 g/mol. The van der Waals surface area contributed by atoms with Crippen LogP contribution in [0.1, 0.15) is 33.6 Å². The SMILES string of the molecule is CC(C)(C)C(=O)ON1CCCC(Cn2ncc3c([N+](=O)[O-])cccc32)C1. The molecule has 0 N–H and O–H groups in total. The third kappa shape index (κ3) is 3.85. The third-order valence-electron chi connectivity index (χ3n) is 4.60. The Morgan fingerprint density at radius 1 is 1.42 bits per heavy atom. The molecule has 0 aliphatic carbocycles. The van der Waals surface area contributed by atoms with E-state index in [0.717, 1.165) is 24.9 Å². The number of hydrogen-bond donors (Lipinski definition) is 0. The summed E-state index contributed by atoms with van der Waals surface area (Å²) in [5.41, 5.74) is 0.283. The first-order valence-corrected chi connectivity index (χ1v) is 8.82. The van der Waals surface area contributed by atoms with Crippen molar-refractivity contribution < 1.29 is 14.6 Å². The van der Waals surface area contributed by atoms with Crippen molar-refractivity contribution >= 4 is 22.6 Å². The number of nitro groups is 1. The van der Waals surface area contributed by atoms with E-state index in [-0.39, 0.29) is 22.5 Å². The number of aromatic nitrogens is 2. The van der Waals surface area contributed by atoms with Crippen LogP contribution in [0.15, 0.2) is 24.4 Å². The first kappa shape index (κ1) is 18.3. The van der Waals surface area contributed by atoms with Gasteiger partial charge in [-0.25, -0.2) is 4.79 Å². The molecule has 1 aliphatic heterocycles. The van der Waals surface area contributed by atoms with Gasteiger partial charge < -0.3 is 4.84 Å². The third-order valence-corrected chi connectivity index (χ3v) is 4.60. The van der Waals surface area contributed by atoms with Crippen LogP contribution in [0, 0.1) is 21.4 Å². The van der Waals surface area contributed by atoms with Crippen LogP contribution in [0.25, 0.3) is 10.9 Å². The fourth-order valence-corrected chi connectivity index (χ4v) is 3.15. The minimum atomic E-state index is -0.538. The van der Waals surface area contributed by atoms with Crippen molar-refractivity contribution in [3.05, 3.63) is 34.5 Å². The molecule has 1 saturated heterocycles. The van der Waals surface area contributed by atoms with Crippen LogP contribution >= 0.6 is 0 Å². The van der Waals surface area contributed by atoms with Gasteiger partial charge in [0.2, 0.25) is 0 Å². The van der Waals surface area contributed by atoms with Crippen molar-refractivity contribution in [2.75, 3.05) is 13.1 Å². The minimum absolute atomic E-state index is 0.0677. The number of benzene rings is 1. The fraction of sp³-hybridized carbons (Fsp3) is 0.556. The second-order valence-electron chi connectivity index (χ2n) is 7.82. The fourth-order valence-electron chi connectivity index (χ4n) is 3.15. The second kappa shape index (κ2) is 7.03. The van der Waals surface area contributed by atoms with E-state index in [0.29, 0.717) is 18.5 Å². The van der Waals surface area contributed by atoms with Crippen LogP contribution in [-0.4, -0.2) is 38.8 Å². The Balaban J connectivity index is 1.71. The normalized spacial score (nSPS) is 18.8. The molecular formula is C18H24N4O4. The Labute approximate surface area is 151 Å². The second-order valence-corrected chi connectivity index (χ2v) is 7.82. The number of nitro benzene ring substituents is 1. The zero-order valence-corrected chi connectivity index (χ0v) is 15.3. The van der Waals surface area contributed by atoms with E-state index >= 15 is 0 Å². The lowest BCUT2D eigenvalue weighted by molar-refractivity contribution is -0.383. The van der Waals surface area contributed by atoms with Gasteiger partial charge in [-0.2, -0.15) is 5.10 Å². The molecule has 1 atom stereocenters. The number of carbonyl (C=O) groups excluding carboxylic acids is 1. The van der Waals surface area contributed by atoms with E-state index in [2.05, 4.69) is 5.10 Å². The molecule has 0 amide bonds. The van der Waals surface area contributed by atoms with Crippen LogP contribution in [0.4, 0.5) is 5.69 Å². The molecule has 1 aliphatic rings. The molecule has 140 valence electrons. The van der Waals surface area contributed by atoms with Gasteiger partial charge in [-0.3, -0.25) is 14.8 Å². The van der Waals surface area contributed by atoms with Crippen LogP contribution in [-0.2, 0) is 16.2 Å². The van der Waals surface area contributed by atoms with Crippen molar-refractivity contribution in [3.63, 3.8) is 0 Å². The smallest absolute Gasteiger partial charge is 0.330 e. The van der Waals surface area contributed by atoms with E-state index in [1.807, 2.05) is 31.5 Å². The van der Waals surface area contributed by atoms with Crippen molar-refractivity contribution in [1.29, 1.82) is 0 Å². The molecule has 0 bridgehead atoms. The van der Waals surface area contributed by atoms with E-state index in [1.165, 1.54) is 6.07 Å². The van der Waals surface area contributed by atoms with E-state index in [9.17, 15) is 14.9 Å². The first-order chi connectivity index (χ1) is 12.3. The standard InChI is InChI=1S/C18H24N4O4/c1-18(2,3)17(23)26-20-9-5-6-13(11-20)12-21-15-7-4-8-16(22(24)25)14(15)10-19-21/h4,7-8,10,13H,5-6,9,11-12H2,1-3H3. The first-order valence-electron chi connectivity index (χ1n) is 8.82. The molecule has 8 heteroatoms. The number of hydrogen-bond acceptors (Lipinski definition) is 6. The highest BCUT2D eigenvalue weighted by Crippen LogP contribution is 2.27. The number of non-ortho nitro benzene ring substituents is 1. The van der Waals surface area contributed by atoms with Crippen LogP contribution in [0.5, 0.6) is 0 Å². The highest BCUT2D eigenvalue weighted by molar-refractivity contribution is 5.87. The molecule has 1 aromatic carbocycles. The maximum atomic E-state index is 12.1. The highest BCUT2D eigenvalue weighted by Gasteiger charge is 2.29. The molecule has 1 unspecified atom stereocenters. The van der Waals surface area contributed by atoms with Gasteiger partial charge in [0.15, 0.2) is 0 Å². The highest BCUT2D eigenvalue weighted by atomic mass is 16.7. The number of rotatable bonds is 4. The number of hydroxylamine groups is 2. The zero-order valence-electron chi connectivity index (χ0n) is 15.3. The van der Waals surface area contributed by atoms with Crippen LogP contribution in [0.2, 0.25) is 0 Å². The molecule has 26 heavy (non-hydrogen) atoms. The number of fused-ring (bicyclic) bond motifs is 1. The minimum Gasteiger partial charge on any atom is -0.367 e. The summed E-state index contributed by atoms with van der Waals surface area (Å²) >= 11 is 0. The average molecular weight is 360 g/mol. The maximum absolute atomic E-state index is 12.1. The van der Waals surface area contributed by atoms with E-state index in [4.69, 9.17) is 4.84 Å². The van der Waals surface area contributed by atoms with Gasteiger partial charge >= 0.3 is 5.97 Å². The summed E-state index contributed by atoms with van der Waals surface area (Å²) in [6, 6.07) is 5.01. The summed E-state index contributed by atoms with van der Waals surface area (Å²) in [4.78, 5) is 28.4. The van der Waals surface area contributed by atoms with Gasteiger partial charge in [0.1, 0.15) is 0 Å². The quantitative estimate of drug-likeness (QED) is 0.614.